The van der Waals surface area contributed by atoms with Crippen LogP contribution in [0.5, 0.6) is 0 Å². The molecule has 0 aliphatic carbocycles. The van der Waals surface area contributed by atoms with Gasteiger partial charge in [0.1, 0.15) is 11.7 Å². The monoisotopic (exact) mass is 630 g/mol. The van der Waals surface area contributed by atoms with Crippen molar-refractivity contribution in [2.45, 2.75) is 6.92 Å². The number of fused-ring (bicyclic) bond motifs is 3. The molecule has 0 saturated carbocycles. The first-order valence-electron chi connectivity index (χ1n) is 10.8. The molecule has 0 unspecified atom stereocenters. The van der Waals surface area contributed by atoms with E-state index in [1.807, 2.05) is 85.8 Å². The van der Waals surface area contributed by atoms with Crippen LogP contribution in [0, 0.1) is 30.4 Å². The van der Waals surface area contributed by atoms with Gasteiger partial charge < -0.3 is 14.4 Å². The van der Waals surface area contributed by atoms with E-state index < -0.39 is 0 Å². The Bertz CT molecular complexity index is 1580. The number of benzene rings is 3. The van der Waals surface area contributed by atoms with Gasteiger partial charge in [-0.2, -0.15) is 5.26 Å². The molecular formula is C30H19IrN3O-2. The fraction of sp³-hybridized carbons (Fsp3) is 0.0333. The van der Waals surface area contributed by atoms with Crippen molar-refractivity contribution < 1.29 is 24.5 Å². The zero-order valence-corrected chi connectivity index (χ0v) is 21.2. The third-order valence-corrected chi connectivity index (χ3v) is 5.40. The summed E-state index contributed by atoms with van der Waals surface area (Å²) in [4.78, 5) is 8.63. The molecule has 0 bridgehead atoms. The van der Waals surface area contributed by atoms with Crippen LogP contribution in [0.25, 0.3) is 44.5 Å². The van der Waals surface area contributed by atoms with Crippen molar-refractivity contribution in [1.82, 2.24) is 9.97 Å². The fourth-order valence-corrected chi connectivity index (χ4v) is 3.79. The second-order valence-electron chi connectivity index (χ2n) is 7.70. The van der Waals surface area contributed by atoms with Gasteiger partial charge >= 0.3 is 0 Å². The molecule has 35 heavy (non-hydrogen) atoms. The maximum atomic E-state index is 9.25. The molecule has 0 amide bonds. The third-order valence-electron chi connectivity index (χ3n) is 5.40. The van der Waals surface area contributed by atoms with E-state index in [-0.39, 0.29) is 20.1 Å². The number of hydrogen-bond acceptors (Lipinski definition) is 4. The van der Waals surface area contributed by atoms with Gasteiger partial charge in [-0.15, -0.1) is 54.1 Å². The predicted octanol–water partition coefficient (Wildman–Crippen LogP) is 7.17. The number of nitrogens with zero attached hydrogens (tertiary/aromatic N) is 3. The Morgan fingerprint density at radius 3 is 2.34 bits per heavy atom. The minimum Gasteiger partial charge on any atom is -0.499 e. The van der Waals surface area contributed by atoms with Crippen molar-refractivity contribution in [3.05, 3.63) is 121 Å². The van der Waals surface area contributed by atoms with E-state index in [2.05, 4.69) is 28.2 Å². The zero-order chi connectivity index (χ0) is 23.3. The van der Waals surface area contributed by atoms with Crippen LogP contribution in [0.15, 0.2) is 102 Å². The number of hydrogen-bond donors (Lipinski definition) is 0. The Balaban J connectivity index is 0.000000189. The van der Waals surface area contributed by atoms with Crippen molar-refractivity contribution in [2.75, 3.05) is 0 Å². The molecule has 4 nitrogen and oxygen atoms in total. The van der Waals surface area contributed by atoms with Gasteiger partial charge in [0.2, 0.25) is 0 Å². The van der Waals surface area contributed by atoms with E-state index in [0.29, 0.717) is 11.1 Å². The largest absolute Gasteiger partial charge is 0.499 e. The van der Waals surface area contributed by atoms with Crippen molar-refractivity contribution in [3.63, 3.8) is 0 Å². The molecule has 0 saturated heterocycles. The normalized spacial score (nSPS) is 10.2. The average molecular weight is 630 g/mol. The molecule has 3 aromatic carbocycles. The van der Waals surface area contributed by atoms with Gasteiger partial charge in [-0.05, 0) is 36.5 Å². The third kappa shape index (κ3) is 5.05. The maximum Gasteiger partial charge on any atom is 0.138 e. The van der Waals surface area contributed by atoms with Crippen molar-refractivity contribution in [1.29, 1.82) is 5.26 Å². The van der Waals surface area contributed by atoms with Gasteiger partial charge in [-0.25, -0.2) is 0 Å². The number of furan rings is 1. The Kier molecular flexibility index (Phi) is 7.47. The molecule has 5 heteroatoms. The number of rotatable bonds is 2. The summed E-state index contributed by atoms with van der Waals surface area (Å²) >= 11 is 0. The number of pyridine rings is 2. The van der Waals surface area contributed by atoms with E-state index in [1.54, 1.807) is 18.5 Å². The van der Waals surface area contributed by atoms with Crippen molar-refractivity contribution in [2.24, 2.45) is 0 Å². The van der Waals surface area contributed by atoms with Crippen molar-refractivity contribution >= 4 is 21.9 Å². The van der Waals surface area contributed by atoms with Gasteiger partial charge in [0.15, 0.2) is 0 Å². The topological polar surface area (TPSA) is 62.7 Å². The Labute approximate surface area is 217 Å². The summed E-state index contributed by atoms with van der Waals surface area (Å²) in [7, 11) is 0. The van der Waals surface area contributed by atoms with E-state index in [1.165, 1.54) is 0 Å². The summed E-state index contributed by atoms with van der Waals surface area (Å²) in [6.45, 7) is 2.03. The molecular weight excluding hydrogens is 611 g/mol. The summed E-state index contributed by atoms with van der Waals surface area (Å²) in [5.41, 5.74) is 6.66. The predicted molar refractivity (Wildman–Crippen MR) is 134 cm³/mol. The van der Waals surface area contributed by atoms with Gasteiger partial charge in [-0.1, -0.05) is 46.8 Å². The second kappa shape index (κ2) is 10.9. The van der Waals surface area contributed by atoms with Gasteiger partial charge in [0.05, 0.1) is 11.1 Å². The molecule has 171 valence electrons. The Morgan fingerprint density at radius 2 is 1.60 bits per heavy atom. The van der Waals surface area contributed by atoms with Crippen LogP contribution in [-0.4, -0.2) is 9.97 Å². The first kappa shape index (κ1) is 24.0. The maximum absolute atomic E-state index is 9.25. The van der Waals surface area contributed by atoms with E-state index >= 15 is 0 Å². The van der Waals surface area contributed by atoms with Crippen LogP contribution >= 0.6 is 0 Å². The molecule has 0 aliphatic rings. The molecule has 3 heterocycles. The minimum absolute atomic E-state index is 0. The smallest absolute Gasteiger partial charge is 0.138 e. The molecule has 1 radical (unpaired) electrons. The van der Waals surface area contributed by atoms with Crippen molar-refractivity contribution in [3.8, 4) is 28.6 Å². The fourth-order valence-electron chi connectivity index (χ4n) is 3.79. The minimum atomic E-state index is 0. The standard InChI is InChI=1S/C19H11N2O.C11H8N.Ir/c1-12-8-9-21-17(10-12)16-7-3-6-15-14-5-2-4-13(11-20)18(14)22-19(15)16;1-2-6-10(7-3-1)11-8-4-5-9-12-11;/h2-6,8-10H,1H3;1-6,8-9H;/q2*-1;. The summed E-state index contributed by atoms with van der Waals surface area (Å²) in [5.74, 6) is 0. The van der Waals surface area contributed by atoms with Gasteiger partial charge in [-0.3, -0.25) is 0 Å². The van der Waals surface area contributed by atoms with Crippen LogP contribution < -0.4 is 0 Å². The van der Waals surface area contributed by atoms with Crippen LogP contribution in [0.1, 0.15) is 11.1 Å². The van der Waals surface area contributed by atoms with Crippen LogP contribution in [0.3, 0.4) is 0 Å². The molecule has 0 fully saturated rings. The number of aromatic nitrogens is 2. The summed E-state index contributed by atoms with van der Waals surface area (Å²) in [6, 6.07) is 35.6. The molecule has 0 spiro atoms. The summed E-state index contributed by atoms with van der Waals surface area (Å²) in [5, 5.41) is 11.2. The first-order valence-corrected chi connectivity index (χ1v) is 10.8. The van der Waals surface area contributed by atoms with E-state index in [9.17, 15) is 5.26 Å². The Morgan fingerprint density at radius 1 is 0.771 bits per heavy atom. The van der Waals surface area contributed by atoms with E-state index in [0.717, 1.165) is 44.4 Å². The first-order chi connectivity index (χ1) is 16.7. The molecule has 0 aliphatic heterocycles. The number of nitriles is 1. The van der Waals surface area contributed by atoms with Crippen LogP contribution in [0.4, 0.5) is 0 Å². The molecule has 6 rings (SSSR count). The van der Waals surface area contributed by atoms with Crippen LogP contribution in [0.2, 0.25) is 0 Å². The van der Waals surface area contributed by atoms with Crippen LogP contribution in [-0.2, 0) is 20.1 Å². The SMILES string of the molecule is Cc1ccnc(-c2[c-]ccc3c2oc2c(C#N)cccc23)c1.[Ir].[c-]1ccccc1-c1ccccn1. The molecule has 0 N–H and O–H groups in total. The van der Waals surface area contributed by atoms with Gasteiger partial charge in [0.25, 0.3) is 0 Å². The quantitative estimate of drug-likeness (QED) is 0.191. The number of para-hydroxylation sites is 1. The second-order valence-corrected chi connectivity index (χ2v) is 7.70. The molecule has 0 atom stereocenters. The molecule has 3 aromatic heterocycles. The average Bonchev–Trinajstić information content (AvgIpc) is 3.29. The Hall–Kier alpha value is -4.10. The number of aryl methyl sites for hydroxylation is 1. The summed E-state index contributed by atoms with van der Waals surface area (Å²) in [6.07, 6.45) is 3.57. The zero-order valence-electron chi connectivity index (χ0n) is 18.8. The molecule has 6 aromatic rings. The van der Waals surface area contributed by atoms with Gasteiger partial charge in [0, 0.05) is 37.9 Å². The summed E-state index contributed by atoms with van der Waals surface area (Å²) < 4.78 is 6.01. The van der Waals surface area contributed by atoms with E-state index in [4.69, 9.17) is 4.42 Å².